The van der Waals surface area contributed by atoms with E-state index < -0.39 is 0 Å². The molecular formula is C15H18N2. The number of aryl methyl sites for hydroxylation is 1. The predicted octanol–water partition coefficient (Wildman–Crippen LogP) is 3.51. The van der Waals surface area contributed by atoms with E-state index in [-0.39, 0.29) is 0 Å². The van der Waals surface area contributed by atoms with Crippen molar-refractivity contribution < 1.29 is 0 Å². The lowest BCUT2D eigenvalue weighted by Gasteiger charge is -2.14. The molecule has 1 aromatic heterocycles. The highest BCUT2D eigenvalue weighted by Crippen LogP contribution is 2.10. The number of hydrogen-bond acceptors (Lipinski definition) is 2. The van der Waals surface area contributed by atoms with E-state index in [9.17, 15) is 0 Å². The molecule has 2 nitrogen and oxygen atoms in total. The third kappa shape index (κ3) is 3.91. The minimum Gasteiger partial charge on any atom is -0.382 e. The number of benzene rings is 1. The van der Waals surface area contributed by atoms with E-state index in [1.807, 2.05) is 24.5 Å². The molecule has 0 aliphatic heterocycles. The van der Waals surface area contributed by atoms with E-state index >= 15 is 0 Å². The molecule has 2 aromatic rings. The Balaban J connectivity index is 1.80. The van der Waals surface area contributed by atoms with Crippen LogP contribution in [0.3, 0.4) is 0 Å². The Bertz CT molecular complexity index is 425. The maximum absolute atomic E-state index is 4.01. The predicted molar refractivity (Wildman–Crippen MR) is 72.1 cm³/mol. The van der Waals surface area contributed by atoms with Crippen LogP contribution in [-0.4, -0.2) is 11.0 Å². The van der Waals surface area contributed by atoms with Crippen molar-refractivity contribution in [3.63, 3.8) is 0 Å². The fraction of sp³-hybridized carbons (Fsp3) is 0.267. The van der Waals surface area contributed by atoms with E-state index in [4.69, 9.17) is 0 Å². The van der Waals surface area contributed by atoms with Crippen molar-refractivity contribution in [3.05, 3.63) is 60.4 Å². The number of nitrogens with zero attached hydrogens (tertiary/aromatic N) is 1. The molecule has 2 heteroatoms. The maximum Gasteiger partial charge on any atom is 0.0373 e. The van der Waals surface area contributed by atoms with Crippen LogP contribution >= 0.6 is 0 Å². The lowest BCUT2D eigenvalue weighted by Crippen LogP contribution is -2.15. The quantitative estimate of drug-likeness (QED) is 0.843. The summed E-state index contributed by atoms with van der Waals surface area (Å²) < 4.78 is 0. The van der Waals surface area contributed by atoms with Crippen LogP contribution in [0.4, 0.5) is 5.69 Å². The van der Waals surface area contributed by atoms with Gasteiger partial charge in [0.15, 0.2) is 0 Å². The molecule has 88 valence electrons. The van der Waals surface area contributed by atoms with Crippen LogP contribution in [0.2, 0.25) is 0 Å². The van der Waals surface area contributed by atoms with Gasteiger partial charge in [-0.15, -0.1) is 0 Å². The summed E-state index contributed by atoms with van der Waals surface area (Å²) >= 11 is 0. The molecule has 1 aromatic carbocycles. The van der Waals surface area contributed by atoms with Crippen LogP contribution in [0.1, 0.15) is 18.9 Å². The summed E-state index contributed by atoms with van der Waals surface area (Å²) in [7, 11) is 0. The third-order valence-corrected chi connectivity index (χ3v) is 2.80. The molecule has 1 N–H and O–H groups in total. The van der Waals surface area contributed by atoms with E-state index in [0.29, 0.717) is 6.04 Å². The van der Waals surface area contributed by atoms with Crippen LogP contribution < -0.4 is 5.32 Å². The second-order valence-corrected chi connectivity index (χ2v) is 4.31. The Labute approximate surface area is 103 Å². The monoisotopic (exact) mass is 226 g/mol. The van der Waals surface area contributed by atoms with Gasteiger partial charge in [-0.25, -0.2) is 0 Å². The van der Waals surface area contributed by atoms with Gasteiger partial charge >= 0.3 is 0 Å². The summed E-state index contributed by atoms with van der Waals surface area (Å²) in [6.07, 6.45) is 5.87. The SMILES string of the molecule is CC(CCc1ccccc1)Nc1ccncc1. The number of pyridine rings is 1. The van der Waals surface area contributed by atoms with E-state index in [0.717, 1.165) is 18.5 Å². The van der Waals surface area contributed by atoms with Gasteiger partial charge in [0.05, 0.1) is 0 Å². The topological polar surface area (TPSA) is 24.9 Å². The number of aromatic nitrogens is 1. The van der Waals surface area contributed by atoms with Gasteiger partial charge in [-0.1, -0.05) is 30.3 Å². The zero-order valence-corrected chi connectivity index (χ0v) is 10.1. The van der Waals surface area contributed by atoms with Gasteiger partial charge in [-0.3, -0.25) is 4.98 Å². The highest BCUT2D eigenvalue weighted by molar-refractivity contribution is 5.41. The van der Waals surface area contributed by atoms with Crippen LogP contribution in [-0.2, 0) is 6.42 Å². The summed E-state index contributed by atoms with van der Waals surface area (Å²) in [5, 5.41) is 3.47. The fourth-order valence-corrected chi connectivity index (χ4v) is 1.83. The maximum atomic E-state index is 4.01. The number of nitrogens with one attached hydrogen (secondary N) is 1. The third-order valence-electron chi connectivity index (χ3n) is 2.80. The van der Waals surface area contributed by atoms with Crippen molar-refractivity contribution in [3.8, 4) is 0 Å². The summed E-state index contributed by atoms with van der Waals surface area (Å²) in [6, 6.07) is 15.1. The van der Waals surface area contributed by atoms with Crippen molar-refractivity contribution in [2.45, 2.75) is 25.8 Å². The molecule has 0 aliphatic carbocycles. The molecule has 0 bridgehead atoms. The minimum atomic E-state index is 0.470. The Morgan fingerprint density at radius 1 is 1.06 bits per heavy atom. The van der Waals surface area contributed by atoms with Gasteiger partial charge in [-0.2, -0.15) is 0 Å². The molecule has 0 radical (unpaired) electrons. The van der Waals surface area contributed by atoms with Crippen molar-refractivity contribution in [1.82, 2.24) is 4.98 Å². The summed E-state index contributed by atoms with van der Waals surface area (Å²) in [5.41, 5.74) is 2.54. The number of hydrogen-bond donors (Lipinski definition) is 1. The van der Waals surface area contributed by atoms with Gasteiger partial charge in [0.2, 0.25) is 0 Å². The smallest absolute Gasteiger partial charge is 0.0373 e. The molecule has 17 heavy (non-hydrogen) atoms. The van der Waals surface area contributed by atoms with Crippen LogP contribution in [0.5, 0.6) is 0 Å². The first-order chi connectivity index (χ1) is 8.34. The van der Waals surface area contributed by atoms with Gasteiger partial charge in [0.25, 0.3) is 0 Å². The molecule has 0 amide bonds. The Morgan fingerprint density at radius 3 is 2.47 bits per heavy atom. The molecular weight excluding hydrogens is 208 g/mol. The first-order valence-electron chi connectivity index (χ1n) is 6.05. The highest BCUT2D eigenvalue weighted by Gasteiger charge is 2.02. The van der Waals surface area contributed by atoms with Crippen LogP contribution in [0.15, 0.2) is 54.9 Å². The molecule has 0 aliphatic rings. The van der Waals surface area contributed by atoms with Crippen LogP contribution in [0.25, 0.3) is 0 Å². The van der Waals surface area contributed by atoms with Gasteiger partial charge in [-0.05, 0) is 37.5 Å². The zero-order valence-electron chi connectivity index (χ0n) is 10.1. The van der Waals surface area contributed by atoms with Crippen molar-refractivity contribution in [1.29, 1.82) is 0 Å². The first-order valence-corrected chi connectivity index (χ1v) is 6.05. The van der Waals surface area contributed by atoms with Gasteiger partial charge in [0, 0.05) is 24.1 Å². The fourth-order valence-electron chi connectivity index (χ4n) is 1.83. The average Bonchev–Trinajstić information content (AvgIpc) is 2.39. The highest BCUT2D eigenvalue weighted by atomic mass is 14.9. The largest absolute Gasteiger partial charge is 0.382 e. The van der Waals surface area contributed by atoms with E-state index in [2.05, 4.69) is 47.6 Å². The molecule has 0 spiro atoms. The second-order valence-electron chi connectivity index (χ2n) is 4.31. The number of anilines is 1. The van der Waals surface area contributed by atoms with Gasteiger partial charge < -0.3 is 5.32 Å². The number of rotatable bonds is 5. The Hall–Kier alpha value is -1.83. The molecule has 0 fully saturated rings. The van der Waals surface area contributed by atoms with Crippen molar-refractivity contribution in [2.75, 3.05) is 5.32 Å². The standard InChI is InChI=1S/C15H18N2/c1-13(17-15-9-11-16-12-10-15)7-8-14-5-3-2-4-6-14/h2-6,9-13H,7-8H2,1H3,(H,16,17). The molecule has 1 unspecified atom stereocenters. The van der Waals surface area contributed by atoms with E-state index in [1.54, 1.807) is 0 Å². The lowest BCUT2D eigenvalue weighted by molar-refractivity contribution is 0.706. The Kier molecular flexibility index (Phi) is 4.14. The molecule has 1 heterocycles. The van der Waals surface area contributed by atoms with Gasteiger partial charge in [0.1, 0.15) is 0 Å². The summed E-state index contributed by atoms with van der Waals surface area (Å²) in [4.78, 5) is 4.01. The minimum absolute atomic E-state index is 0.470. The van der Waals surface area contributed by atoms with E-state index in [1.165, 1.54) is 5.56 Å². The summed E-state index contributed by atoms with van der Waals surface area (Å²) in [5.74, 6) is 0. The lowest BCUT2D eigenvalue weighted by atomic mass is 10.1. The molecule has 0 saturated carbocycles. The molecule has 2 rings (SSSR count). The average molecular weight is 226 g/mol. The molecule has 1 atom stereocenters. The first kappa shape index (κ1) is 11.6. The second kappa shape index (κ2) is 6.04. The van der Waals surface area contributed by atoms with Crippen molar-refractivity contribution in [2.24, 2.45) is 0 Å². The summed E-state index contributed by atoms with van der Waals surface area (Å²) in [6.45, 7) is 2.21. The van der Waals surface area contributed by atoms with Crippen LogP contribution in [0, 0.1) is 0 Å². The van der Waals surface area contributed by atoms with Crippen molar-refractivity contribution >= 4 is 5.69 Å². The molecule has 0 saturated heterocycles. The normalized spacial score (nSPS) is 12.1. The Morgan fingerprint density at radius 2 is 1.76 bits per heavy atom. The zero-order chi connectivity index (χ0) is 11.9.